The summed E-state index contributed by atoms with van der Waals surface area (Å²) in [6, 6.07) is 14.7. The molecule has 4 rings (SSSR count). The summed E-state index contributed by atoms with van der Waals surface area (Å²) in [5.41, 5.74) is 3.59. The lowest BCUT2D eigenvalue weighted by Crippen LogP contribution is -2.23. The van der Waals surface area contributed by atoms with Crippen LogP contribution >= 0.6 is 0 Å². The van der Waals surface area contributed by atoms with Gasteiger partial charge in [0.15, 0.2) is 0 Å². The second kappa shape index (κ2) is 7.79. The van der Waals surface area contributed by atoms with Gasteiger partial charge < -0.3 is 20.6 Å². The molecule has 2 heterocycles. The van der Waals surface area contributed by atoms with Crippen molar-refractivity contribution in [2.45, 2.75) is 26.6 Å². The molecule has 7 nitrogen and oxygen atoms in total. The van der Waals surface area contributed by atoms with Crippen LogP contribution in [-0.2, 0) is 19.6 Å². The number of hydrogen-bond donors (Lipinski definition) is 3. The molecule has 0 saturated carbocycles. The van der Waals surface area contributed by atoms with E-state index in [1.807, 2.05) is 44.3 Å². The average molecular weight is 389 g/mol. The van der Waals surface area contributed by atoms with E-state index >= 15 is 0 Å². The highest BCUT2D eigenvalue weighted by Gasteiger charge is 2.22. The first kappa shape index (κ1) is 18.7. The molecular formula is C22H23N5O2. The Morgan fingerprint density at radius 3 is 2.69 bits per heavy atom. The Bertz CT molecular complexity index is 1070. The predicted molar refractivity (Wildman–Crippen MR) is 112 cm³/mol. The van der Waals surface area contributed by atoms with E-state index in [9.17, 15) is 9.90 Å². The van der Waals surface area contributed by atoms with E-state index in [0.29, 0.717) is 23.5 Å². The van der Waals surface area contributed by atoms with Crippen molar-refractivity contribution in [3.05, 3.63) is 76.6 Å². The number of aromatic hydroxyl groups is 1. The number of phenols is 1. The standard InChI is InChI=1S/C22H23N5O2/c1-14-25-20(23-2)10-21(26-14)27-12-17-8-7-15(9-18(17)13-27)22(29)24-11-16-5-3-4-6-19(16)28/h3-10,28H,11-13H2,1-2H3,(H,24,29)(H,23,25,26). The lowest BCUT2D eigenvalue weighted by atomic mass is 10.1. The number of amides is 1. The zero-order valence-corrected chi connectivity index (χ0v) is 16.4. The van der Waals surface area contributed by atoms with Gasteiger partial charge in [-0.05, 0) is 36.2 Å². The van der Waals surface area contributed by atoms with Crippen LogP contribution in [0.5, 0.6) is 5.75 Å². The Hall–Kier alpha value is -3.61. The molecule has 7 heteroatoms. The molecule has 3 N–H and O–H groups in total. The van der Waals surface area contributed by atoms with Gasteiger partial charge in [0, 0.05) is 43.9 Å². The Labute approximate surface area is 169 Å². The fraction of sp³-hybridized carbons (Fsp3) is 0.227. The van der Waals surface area contributed by atoms with Gasteiger partial charge in [0.25, 0.3) is 5.91 Å². The van der Waals surface area contributed by atoms with Crippen molar-refractivity contribution >= 4 is 17.5 Å². The fourth-order valence-electron chi connectivity index (χ4n) is 3.48. The van der Waals surface area contributed by atoms with E-state index in [2.05, 4.69) is 25.5 Å². The van der Waals surface area contributed by atoms with Crippen molar-refractivity contribution in [2.24, 2.45) is 0 Å². The van der Waals surface area contributed by atoms with Crippen molar-refractivity contribution in [2.75, 3.05) is 17.3 Å². The molecule has 0 fully saturated rings. The number of anilines is 2. The van der Waals surface area contributed by atoms with Gasteiger partial charge in [-0.1, -0.05) is 24.3 Å². The summed E-state index contributed by atoms with van der Waals surface area (Å²) in [6.07, 6.45) is 0. The summed E-state index contributed by atoms with van der Waals surface area (Å²) in [6.45, 7) is 3.59. The molecule has 0 radical (unpaired) electrons. The molecule has 1 aliphatic heterocycles. The van der Waals surface area contributed by atoms with E-state index in [4.69, 9.17) is 0 Å². The first-order valence-electron chi connectivity index (χ1n) is 9.49. The van der Waals surface area contributed by atoms with Crippen LogP contribution in [-0.4, -0.2) is 28.0 Å². The van der Waals surface area contributed by atoms with Crippen LogP contribution in [0.3, 0.4) is 0 Å². The Kier molecular flexibility index (Phi) is 5.03. The molecule has 0 unspecified atom stereocenters. The lowest BCUT2D eigenvalue weighted by molar-refractivity contribution is 0.0950. The highest BCUT2D eigenvalue weighted by atomic mass is 16.3. The number of rotatable bonds is 5. The van der Waals surface area contributed by atoms with Crippen molar-refractivity contribution in [3.63, 3.8) is 0 Å². The summed E-state index contributed by atoms with van der Waals surface area (Å²) >= 11 is 0. The second-order valence-corrected chi connectivity index (χ2v) is 7.06. The Morgan fingerprint density at radius 2 is 1.90 bits per heavy atom. The van der Waals surface area contributed by atoms with Gasteiger partial charge in [-0.25, -0.2) is 9.97 Å². The molecule has 1 aliphatic rings. The first-order chi connectivity index (χ1) is 14.0. The third-order valence-corrected chi connectivity index (χ3v) is 5.03. The molecule has 2 aromatic carbocycles. The lowest BCUT2D eigenvalue weighted by Gasteiger charge is -2.17. The zero-order valence-electron chi connectivity index (χ0n) is 16.4. The van der Waals surface area contributed by atoms with E-state index in [1.165, 1.54) is 5.56 Å². The number of fused-ring (bicyclic) bond motifs is 1. The molecule has 0 spiro atoms. The molecule has 0 bridgehead atoms. The summed E-state index contributed by atoms with van der Waals surface area (Å²) in [5.74, 6) is 2.38. The van der Waals surface area contributed by atoms with E-state index in [1.54, 1.807) is 18.2 Å². The summed E-state index contributed by atoms with van der Waals surface area (Å²) in [7, 11) is 1.84. The van der Waals surface area contributed by atoms with Crippen LogP contribution in [0.25, 0.3) is 0 Å². The summed E-state index contributed by atoms with van der Waals surface area (Å²) in [5, 5.41) is 15.8. The molecule has 29 heavy (non-hydrogen) atoms. The normalized spacial score (nSPS) is 12.6. The molecule has 3 aromatic rings. The highest BCUT2D eigenvalue weighted by Crippen LogP contribution is 2.29. The van der Waals surface area contributed by atoms with Crippen molar-refractivity contribution in [1.82, 2.24) is 15.3 Å². The quantitative estimate of drug-likeness (QED) is 0.622. The maximum Gasteiger partial charge on any atom is 0.251 e. The van der Waals surface area contributed by atoms with E-state index in [-0.39, 0.29) is 18.2 Å². The largest absolute Gasteiger partial charge is 0.508 e. The molecule has 0 atom stereocenters. The summed E-state index contributed by atoms with van der Waals surface area (Å²) < 4.78 is 0. The molecule has 148 valence electrons. The second-order valence-electron chi connectivity index (χ2n) is 7.06. The number of aromatic nitrogens is 2. The van der Waals surface area contributed by atoms with Gasteiger partial charge >= 0.3 is 0 Å². The molecule has 1 amide bonds. The number of nitrogens with one attached hydrogen (secondary N) is 2. The monoisotopic (exact) mass is 389 g/mol. The SMILES string of the molecule is CNc1cc(N2Cc3ccc(C(=O)NCc4ccccc4O)cc3C2)nc(C)n1. The van der Waals surface area contributed by atoms with E-state index < -0.39 is 0 Å². The van der Waals surface area contributed by atoms with Crippen LogP contribution in [0.1, 0.15) is 32.9 Å². The highest BCUT2D eigenvalue weighted by molar-refractivity contribution is 5.94. The first-order valence-corrected chi connectivity index (χ1v) is 9.49. The van der Waals surface area contributed by atoms with Gasteiger partial charge in [-0.15, -0.1) is 0 Å². The van der Waals surface area contributed by atoms with Crippen LogP contribution in [0, 0.1) is 6.92 Å². The minimum Gasteiger partial charge on any atom is -0.508 e. The molecule has 1 aromatic heterocycles. The third kappa shape index (κ3) is 3.99. The minimum atomic E-state index is -0.162. The topological polar surface area (TPSA) is 90.4 Å². The van der Waals surface area contributed by atoms with Crippen molar-refractivity contribution in [1.29, 1.82) is 0 Å². The molecule has 0 saturated heterocycles. The van der Waals surface area contributed by atoms with Gasteiger partial charge in [-0.2, -0.15) is 0 Å². The number of carbonyl (C=O) groups is 1. The number of aryl methyl sites for hydroxylation is 1. The van der Waals surface area contributed by atoms with Gasteiger partial charge in [-0.3, -0.25) is 4.79 Å². The zero-order chi connectivity index (χ0) is 20.4. The van der Waals surface area contributed by atoms with Crippen LogP contribution < -0.4 is 15.5 Å². The average Bonchev–Trinajstić information content (AvgIpc) is 3.16. The number of nitrogens with zero attached hydrogens (tertiary/aromatic N) is 3. The third-order valence-electron chi connectivity index (χ3n) is 5.03. The maximum atomic E-state index is 12.6. The van der Waals surface area contributed by atoms with Gasteiger partial charge in [0.05, 0.1) is 0 Å². The number of hydrogen-bond acceptors (Lipinski definition) is 6. The number of phenolic OH excluding ortho intramolecular Hbond substituents is 1. The van der Waals surface area contributed by atoms with Crippen molar-refractivity contribution in [3.8, 4) is 5.75 Å². The minimum absolute atomic E-state index is 0.162. The van der Waals surface area contributed by atoms with Crippen LogP contribution in [0.15, 0.2) is 48.5 Å². The smallest absolute Gasteiger partial charge is 0.251 e. The molecular weight excluding hydrogens is 366 g/mol. The predicted octanol–water partition coefficient (Wildman–Crippen LogP) is 2.98. The number of benzene rings is 2. The Morgan fingerprint density at radius 1 is 1.10 bits per heavy atom. The fourth-order valence-corrected chi connectivity index (χ4v) is 3.48. The number of carbonyl (C=O) groups excluding carboxylic acids is 1. The molecule has 0 aliphatic carbocycles. The van der Waals surface area contributed by atoms with Gasteiger partial charge in [0.1, 0.15) is 23.2 Å². The maximum absolute atomic E-state index is 12.6. The number of para-hydroxylation sites is 1. The summed E-state index contributed by atoms with van der Waals surface area (Å²) in [4.78, 5) is 23.6. The Balaban J connectivity index is 1.47. The van der Waals surface area contributed by atoms with Crippen molar-refractivity contribution < 1.29 is 9.90 Å². The van der Waals surface area contributed by atoms with Gasteiger partial charge in [0.2, 0.25) is 0 Å². The van der Waals surface area contributed by atoms with Crippen LogP contribution in [0.4, 0.5) is 11.6 Å². The van der Waals surface area contributed by atoms with E-state index in [0.717, 1.165) is 23.7 Å². The van der Waals surface area contributed by atoms with Crippen LogP contribution in [0.2, 0.25) is 0 Å².